The third-order valence-electron chi connectivity index (χ3n) is 4.53. The van der Waals surface area contributed by atoms with Crippen molar-refractivity contribution >= 4 is 17.0 Å². The number of nitrogens with one attached hydrogen (secondary N) is 1. The predicted molar refractivity (Wildman–Crippen MR) is 91.9 cm³/mol. The molecule has 112 valence electrons. The molecule has 1 aromatic heterocycles. The lowest BCUT2D eigenvalue weighted by molar-refractivity contribution is 0.328. The molecule has 0 aliphatic heterocycles. The summed E-state index contributed by atoms with van der Waals surface area (Å²) < 4.78 is 0. The molecule has 1 heterocycles. The highest BCUT2D eigenvalue weighted by Crippen LogP contribution is 2.29. The normalized spacial score (nSPS) is 17.6. The molecule has 0 radical (unpaired) electrons. The summed E-state index contributed by atoms with van der Waals surface area (Å²) in [4.78, 5) is 4.58. The maximum Gasteiger partial charge on any atom is 0.0901 e. The van der Waals surface area contributed by atoms with E-state index in [1.165, 1.54) is 43.4 Å². The molecule has 3 rings (SSSR count). The summed E-state index contributed by atoms with van der Waals surface area (Å²) in [5.41, 5.74) is 3.52. The van der Waals surface area contributed by atoms with Crippen LogP contribution in [0, 0.1) is 12.8 Å². The van der Waals surface area contributed by atoms with Crippen molar-refractivity contribution in [3.8, 4) is 11.3 Å². The van der Waals surface area contributed by atoms with Gasteiger partial charge < -0.3 is 5.32 Å². The van der Waals surface area contributed by atoms with Crippen molar-refractivity contribution < 1.29 is 0 Å². The minimum atomic E-state index is 0.553. The number of benzene rings is 1. The van der Waals surface area contributed by atoms with Crippen molar-refractivity contribution in [1.82, 2.24) is 4.98 Å². The second-order valence-electron chi connectivity index (χ2n) is 6.16. The zero-order valence-corrected chi connectivity index (χ0v) is 13.7. The van der Waals surface area contributed by atoms with Crippen LogP contribution in [0.3, 0.4) is 0 Å². The molecule has 0 amide bonds. The smallest absolute Gasteiger partial charge is 0.0901 e. The van der Waals surface area contributed by atoms with Crippen LogP contribution in [0.15, 0.2) is 29.6 Å². The topological polar surface area (TPSA) is 24.9 Å². The molecule has 1 aliphatic carbocycles. The average molecular weight is 300 g/mol. The largest absolute Gasteiger partial charge is 0.382 e. The van der Waals surface area contributed by atoms with E-state index in [1.54, 1.807) is 11.3 Å². The summed E-state index contributed by atoms with van der Waals surface area (Å²) in [6.07, 6.45) is 6.96. The van der Waals surface area contributed by atoms with Crippen LogP contribution in [0.1, 0.15) is 44.0 Å². The molecule has 2 nitrogen and oxygen atoms in total. The summed E-state index contributed by atoms with van der Waals surface area (Å²) >= 11 is 1.71. The first-order valence-electron chi connectivity index (χ1n) is 8.01. The summed E-state index contributed by atoms with van der Waals surface area (Å²) in [5.74, 6) is 0.823. The number of anilines is 1. The summed E-state index contributed by atoms with van der Waals surface area (Å²) in [5, 5.41) is 6.97. The summed E-state index contributed by atoms with van der Waals surface area (Å²) in [7, 11) is 0. The Balaban J connectivity index is 1.71. The van der Waals surface area contributed by atoms with E-state index >= 15 is 0 Å². The van der Waals surface area contributed by atoms with Crippen molar-refractivity contribution in [2.45, 2.75) is 52.0 Å². The number of aromatic nitrogens is 1. The first kappa shape index (κ1) is 14.6. The lowest BCUT2D eigenvalue weighted by atomic mass is 9.84. The monoisotopic (exact) mass is 300 g/mol. The zero-order valence-electron chi connectivity index (χ0n) is 12.9. The predicted octanol–water partition coefficient (Wildman–Crippen LogP) is 5.50. The molecular weight excluding hydrogens is 276 g/mol. The third kappa shape index (κ3) is 3.65. The van der Waals surface area contributed by atoms with Gasteiger partial charge in [0.15, 0.2) is 0 Å². The number of rotatable bonds is 4. The molecule has 3 heteroatoms. The fourth-order valence-corrected chi connectivity index (χ4v) is 3.90. The fourth-order valence-electron chi connectivity index (χ4n) is 3.28. The second kappa shape index (κ2) is 6.61. The summed E-state index contributed by atoms with van der Waals surface area (Å²) in [6, 6.07) is 9.22. The Morgan fingerprint density at radius 2 is 2.05 bits per heavy atom. The Morgan fingerprint density at radius 1 is 1.24 bits per heavy atom. The molecule has 1 saturated carbocycles. The van der Waals surface area contributed by atoms with Crippen LogP contribution >= 0.6 is 11.3 Å². The number of thiazole rings is 1. The van der Waals surface area contributed by atoms with Crippen molar-refractivity contribution in [3.63, 3.8) is 0 Å². The molecule has 0 saturated heterocycles. The standard InChI is InChI=1S/C18H24N2S/c1-13(15-7-4-3-5-8-15)19-17-10-6-9-16(11-17)18-12-21-14(2)20-18/h6,9-13,15,19H,3-5,7-8H2,1-2H3. The molecule has 1 fully saturated rings. The van der Waals surface area contributed by atoms with Gasteiger partial charge in [-0.15, -0.1) is 11.3 Å². The van der Waals surface area contributed by atoms with Gasteiger partial charge in [-0.1, -0.05) is 31.4 Å². The number of hydrogen-bond donors (Lipinski definition) is 1. The van der Waals surface area contributed by atoms with Gasteiger partial charge in [0.05, 0.1) is 10.7 Å². The van der Waals surface area contributed by atoms with Crippen molar-refractivity contribution in [2.24, 2.45) is 5.92 Å². The summed E-state index contributed by atoms with van der Waals surface area (Å²) in [6.45, 7) is 4.39. The maximum atomic E-state index is 4.58. The zero-order chi connectivity index (χ0) is 14.7. The van der Waals surface area contributed by atoms with E-state index in [4.69, 9.17) is 0 Å². The lowest BCUT2D eigenvalue weighted by Gasteiger charge is -2.29. The molecule has 0 bridgehead atoms. The van der Waals surface area contributed by atoms with E-state index in [1.807, 2.05) is 0 Å². The van der Waals surface area contributed by atoms with E-state index in [2.05, 4.69) is 53.8 Å². The number of nitrogens with zero attached hydrogens (tertiary/aromatic N) is 1. The van der Waals surface area contributed by atoms with Crippen LogP contribution < -0.4 is 5.32 Å². The van der Waals surface area contributed by atoms with Crippen molar-refractivity contribution in [3.05, 3.63) is 34.7 Å². The highest BCUT2D eigenvalue weighted by Gasteiger charge is 2.19. The van der Waals surface area contributed by atoms with Gasteiger partial charge in [-0.2, -0.15) is 0 Å². The SMILES string of the molecule is Cc1nc(-c2cccc(NC(C)C3CCCCC3)c2)cs1. The van der Waals surface area contributed by atoms with E-state index in [9.17, 15) is 0 Å². The van der Waals surface area contributed by atoms with Gasteiger partial charge >= 0.3 is 0 Å². The minimum Gasteiger partial charge on any atom is -0.382 e. The lowest BCUT2D eigenvalue weighted by Crippen LogP contribution is -2.27. The van der Waals surface area contributed by atoms with Gasteiger partial charge in [-0.3, -0.25) is 0 Å². The Morgan fingerprint density at radius 3 is 2.76 bits per heavy atom. The number of hydrogen-bond acceptors (Lipinski definition) is 3. The van der Waals surface area contributed by atoms with Crippen molar-refractivity contribution in [2.75, 3.05) is 5.32 Å². The minimum absolute atomic E-state index is 0.553. The molecule has 21 heavy (non-hydrogen) atoms. The van der Waals surface area contributed by atoms with E-state index in [-0.39, 0.29) is 0 Å². The van der Waals surface area contributed by atoms with Crippen LogP contribution in [0.4, 0.5) is 5.69 Å². The van der Waals surface area contributed by atoms with Crippen LogP contribution in [0.25, 0.3) is 11.3 Å². The van der Waals surface area contributed by atoms with Gasteiger partial charge in [0, 0.05) is 22.7 Å². The Hall–Kier alpha value is -1.35. The molecule has 2 aromatic rings. The Labute approximate surface area is 131 Å². The van der Waals surface area contributed by atoms with Crippen molar-refractivity contribution in [1.29, 1.82) is 0 Å². The van der Waals surface area contributed by atoms with Crippen LogP contribution in [0.2, 0.25) is 0 Å². The van der Waals surface area contributed by atoms with Crippen LogP contribution in [0.5, 0.6) is 0 Å². The van der Waals surface area contributed by atoms with Gasteiger partial charge in [-0.05, 0) is 44.7 Å². The Bertz CT molecular complexity index is 584. The number of aryl methyl sites for hydroxylation is 1. The van der Waals surface area contributed by atoms with Crippen LogP contribution in [-0.2, 0) is 0 Å². The first-order chi connectivity index (χ1) is 10.2. The molecule has 1 aromatic carbocycles. The quantitative estimate of drug-likeness (QED) is 0.806. The van der Waals surface area contributed by atoms with Crippen LogP contribution in [-0.4, -0.2) is 11.0 Å². The van der Waals surface area contributed by atoms with E-state index < -0.39 is 0 Å². The third-order valence-corrected chi connectivity index (χ3v) is 5.30. The highest BCUT2D eigenvalue weighted by atomic mass is 32.1. The maximum absolute atomic E-state index is 4.58. The second-order valence-corrected chi connectivity index (χ2v) is 7.23. The van der Waals surface area contributed by atoms with Gasteiger partial charge in [-0.25, -0.2) is 4.98 Å². The molecule has 1 N–H and O–H groups in total. The molecular formula is C18H24N2S. The molecule has 1 unspecified atom stereocenters. The molecule has 1 aliphatic rings. The highest BCUT2D eigenvalue weighted by molar-refractivity contribution is 7.09. The first-order valence-corrected chi connectivity index (χ1v) is 8.89. The van der Waals surface area contributed by atoms with Gasteiger partial charge in [0.1, 0.15) is 0 Å². The molecule has 1 atom stereocenters. The average Bonchev–Trinajstić information content (AvgIpc) is 2.95. The Kier molecular flexibility index (Phi) is 4.59. The van der Waals surface area contributed by atoms with E-state index in [0.717, 1.165) is 16.6 Å². The molecule has 0 spiro atoms. The fraction of sp³-hybridized carbons (Fsp3) is 0.500. The van der Waals surface area contributed by atoms with Gasteiger partial charge in [0.2, 0.25) is 0 Å². The van der Waals surface area contributed by atoms with E-state index in [0.29, 0.717) is 6.04 Å². The van der Waals surface area contributed by atoms with Gasteiger partial charge in [0.25, 0.3) is 0 Å².